The standard InChI is InChI=1S/C15H20FNO2/c1-11-3-2-7-17(8-6-11)10-12-4-5-13(16)9-14(12)15(18)19/h4-5,9,11H,2-3,6-8,10H2,1H3,(H,18,19). The minimum atomic E-state index is -1.06. The molecular weight excluding hydrogens is 245 g/mol. The molecule has 1 aliphatic rings. The number of hydrogen-bond donors (Lipinski definition) is 1. The Kier molecular flexibility index (Phi) is 4.53. The molecule has 1 unspecified atom stereocenters. The van der Waals surface area contributed by atoms with Gasteiger partial charge in [0.2, 0.25) is 0 Å². The number of likely N-dealkylation sites (tertiary alicyclic amines) is 1. The van der Waals surface area contributed by atoms with Gasteiger partial charge >= 0.3 is 5.97 Å². The van der Waals surface area contributed by atoms with E-state index in [4.69, 9.17) is 5.11 Å². The van der Waals surface area contributed by atoms with Gasteiger partial charge in [0.05, 0.1) is 5.56 Å². The Bertz CT molecular complexity index is 461. The predicted molar refractivity (Wildman–Crippen MR) is 71.7 cm³/mol. The van der Waals surface area contributed by atoms with Crippen molar-refractivity contribution in [2.24, 2.45) is 5.92 Å². The average Bonchev–Trinajstić information content (AvgIpc) is 2.56. The number of carboxylic acids is 1. The molecule has 1 saturated heterocycles. The number of carbonyl (C=O) groups is 1. The number of rotatable bonds is 3. The fourth-order valence-electron chi connectivity index (χ4n) is 2.61. The highest BCUT2D eigenvalue weighted by Gasteiger charge is 2.17. The molecule has 1 atom stereocenters. The largest absolute Gasteiger partial charge is 0.478 e. The van der Waals surface area contributed by atoms with Gasteiger partial charge in [0.1, 0.15) is 5.82 Å². The summed E-state index contributed by atoms with van der Waals surface area (Å²) < 4.78 is 13.1. The lowest BCUT2D eigenvalue weighted by atomic mass is 10.0. The van der Waals surface area contributed by atoms with Crippen molar-refractivity contribution in [2.75, 3.05) is 13.1 Å². The monoisotopic (exact) mass is 265 g/mol. The number of nitrogens with zero attached hydrogens (tertiary/aromatic N) is 1. The molecule has 0 radical (unpaired) electrons. The van der Waals surface area contributed by atoms with E-state index in [0.717, 1.165) is 37.9 Å². The van der Waals surface area contributed by atoms with E-state index >= 15 is 0 Å². The van der Waals surface area contributed by atoms with Crippen LogP contribution in [0.25, 0.3) is 0 Å². The first kappa shape index (κ1) is 14.0. The quantitative estimate of drug-likeness (QED) is 0.912. The van der Waals surface area contributed by atoms with Crippen LogP contribution in [-0.2, 0) is 6.54 Å². The van der Waals surface area contributed by atoms with E-state index in [1.165, 1.54) is 12.5 Å². The molecule has 3 nitrogen and oxygen atoms in total. The fourth-order valence-corrected chi connectivity index (χ4v) is 2.61. The van der Waals surface area contributed by atoms with Crippen molar-refractivity contribution in [2.45, 2.75) is 32.7 Å². The minimum absolute atomic E-state index is 0.0808. The van der Waals surface area contributed by atoms with Crippen molar-refractivity contribution in [3.63, 3.8) is 0 Å². The maximum Gasteiger partial charge on any atom is 0.336 e. The van der Waals surface area contributed by atoms with Crippen molar-refractivity contribution in [3.8, 4) is 0 Å². The lowest BCUT2D eigenvalue weighted by molar-refractivity contribution is 0.0694. The van der Waals surface area contributed by atoms with Gasteiger partial charge in [-0.25, -0.2) is 9.18 Å². The van der Waals surface area contributed by atoms with Crippen LogP contribution in [0.2, 0.25) is 0 Å². The van der Waals surface area contributed by atoms with Crippen molar-refractivity contribution >= 4 is 5.97 Å². The van der Waals surface area contributed by atoms with Crippen LogP contribution in [0.1, 0.15) is 42.1 Å². The summed E-state index contributed by atoms with van der Waals surface area (Å²) in [5.41, 5.74) is 0.778. The molecule has 1 N–H and O–H groups in total. The van der Waals surface area contributed by atoms with Crippen LogP contribution in [0.15, 0.2) is 18.2 Å². The topological polar surface area (TPSA) is 40.5 Å². The molecule has 0 spiro atoms. The van der Waals surface area contributed by atoms with Crippen molar-refractivity contribution in [1.29, 1.82) is 0 Å². The molecule has 4 heteroatoms. The molecule has 0 aromatic heterocycles. The van der Waals surface area contributed by atoms with Gasteiger partial charge in [-0.1, -0.05) is 13.0 Å². The SMILES string of the molecule is CC1CCCN(Cc2ccc(F)cc2C(=O)O)CC1. The summed E-state index contributed by atoms with van der Waals surface area (Å²) in [5.74, 6) is -0.819. The lowest BCUT2D eigenvalue weighted by Crippen LogP contribution is -2.25. The Labute approximate surface area is 113 Å². The molecule has 1 aromatic rings. The highest BCUT2D eigenvalue weighted by molar-refractivity contribution is 5.89. The third-order valence-corrected chi connectivity index (χ3v) is 3.81. The molecule has 0 aliphatic carbocycles. The molecular formula is C15H20FNO2. The molecule has 104 valence electrons. The van der Waals surface area contributed by atoms with Crippen molar-refractivity contribution in [1.82, 2.24) is 4.90 Å². The van der Waals surface area contributed by atoms with Gasteiger partial charge in [0.15, 0.2) is 0 Å². The number of halogens is 1. The summed E-state index contributed by atoms with van der Waals surface area (Å²) >= 11 is 0. The molecule has 1 aromatic carbocycles. The van der Waals surface area contributed by atoms with E-state index in [9.17, 15) is 9.18 Å². The molecule has 1 aliphatic heterocycles. The second kappa shape index (κ2) is 6.15. The maximum absolute atomic E-state index is 13.1. The summed E-state index contributed by atoms with van der Waals surface area (Å²) in [6.45, 7) is 4.82. The highest BCUT2D eigenvalue weighted by atomic mass is 19.1. The van der Waals surface area contributed by atoms with Gasteiger partial charge in [-0.2, -0.15) is 0 Å². The van der Waals surface area contributed by atoms with Crippen LogP contribution in [0, 0.1) is 11.7 Å². The Morgan fingerprint density at radius 1 is 1.42 bits per heavy atom. The molecule has 19 heavy (non-hydrogen) atoms. The van der Waals surface area contributed by atoms with E-state index in [1.807, 2.05) is 0 Å². The van der Waals surface area contributed by atoms with Gasteiger partial charge < -0.3 is 5.11 Å². The summed E-state index contributed by atoms with van der Waals surface area (Å²) in [6, 6.07) is 4.04. The van der Waals surface area contributed by atoms with Crippen LogP contribution in [-0.4, -0.2) is 29.1 Å². The third-order valence-electron chi connectivity index (χ3n) is 3.81. The van der Waals surface area contributed by atoms with Crippen LogP contribution in [0.4, 0.5) is 4.39 Å². The Morgan fingerprint density at radius 2 is 2.21 bits per heavy atom. The summed E-state index contributed by atoms with van der Waals surface area (Å²) in [6.07, 6.45) is 3.51. The minimum Gasteiger partial charge on any atom is -0.478 e. The summed E-state index contributed by atoms with van der Waals surface area (Å²) in [7, 11) is 0. The summed E-state index contributed by atoms with van der Waals surface area (Å²) in [5, 5.41) is 9.13. The van der Waals surface area contributed by atoms with Crippen molar-refractivity contribution in [3.05, 3.63) is 35.1 Å². The second-order valence-electron chi connectivity index (χ2n) is 5.42. The van der Waals surface area contributed by atoms with Crippen LogP contribution in [0.5, 0.6) is 0 Å². The molecule has 0 saturated carbocycles. The summed E-state index contributed by atoms with van der Waals surface area (Å²) in [4.78, 5) is 13.4. The van der Waals surface area contributed by atoms with Crippen LogP contribution in [0.3, 0.4) is 0 Å². The Morgan fingerprint density at radius 3 is 2.95 bits per heavy atom. The molecule has 1 heterocycles. The zero-order valence-corrected chi connectivity index (χ0v) is 11.2. The predicted octanol–water partition coefficient (Wildman–Crippen LogP) is 3.15. The first-order chi connectivity index (χ1) is 9.06. The second-order valence-corrected chi connectivity index (χ2v) is 5.42. The third kappa shape index (κ3) is 3.77. The van der Waals surface area contributed by atoms with E-state index in [0.29, 0.717) is 12.1 Å². The Balaban J connectivity index is 2.12. The first-order valence-corrected chi connectivity index (χ1v) is 6.80. The van der Waals surface area contributed by atoms with E-state index in [-0.39, 0.29) is 5.56 Å². The highest BCUT2D eigenvalue weighted by Crippen LogP contribution is 2.20. The smallest absolute Gasteiger partial charge is 0.336 e. The molecule has 0 bridgehead atoms. The van der Waals surface area contributed by atoms with E-state index < -0.39 is 11.8 Å². The number of carboxylic acid groups (broad SMARTS) is 1. The maximum atomic E-state index is 13.1. The number of aromatic carboxylic acids is 1. The number of hydrogen-bond acceptors (Lipinski definition) is 2. The number of benzene rings is 1. The zero-order valence-electron chi connectivity index (χ0n) is 11.2. The van der Waals surface area contributed by atoms with E-state index in [1.54, 1.807) is 6.07 Å². The van der Waals surface area contributed by atoms with Crippen molar-refractivity contribution < 1.29 is 14.3 Å². The molecule has 2 rings (SSSR count). The molecule has 1 fully saturated rings. The van der Waals surface area contributed by atoms with Gasteiger partial charge in [-0.05, 0) is 56.0 Å². The van der Waals surface area contributed by atoms with Crippen LogP contribution < -0.4 is 0 Å². The molecule has 0 amide bonds. The normalized spacial score (nSPS) is 21.1. The fraction of sp³-hybridized carbons (Fsp3) is 0.533. The zero-order chi connectivity index (χ0) is 13.8. The van der Waals surface area contributed by atoms with Gasteiger partial charge in [0, 0.05) is 6.54 Å². The Hall–Kier alpha value is -1.42. The van der Waals surface area contributed by atoms with Gasteiger partial charge in [0.25, 0.3) is 0 Å². The van der Waals surface area contributed by atoms with Crippen LogP contribution >= 0.6 is 0 Å². The van der Waals surface area contributed by atoms with Gasteiger partial charge in [-0.15, -0.1) is 0 Å². The average molecular weight is 265 g/mol. The lowest BCUT2D eigenvalue weighted by Gasteiger charge is -2.21. The van der Waals surface area contributed by atoms with E-state index in [2.05, 4.69) is 11.8 Å². The first-order valence-electron chi connectivity index (χ1n) is 6.80. The van der Waals surface area contributed by atoms with Gasteiger partial charge in [-0.3, -0.25) is 4.90 Å².